The number of nitrogens with zero attached hydrogens (tertiary/aromatic N) is 2. The third-order valence-corrected chi connectivity index (χ3v) is 3.70. The number of aryl methyl sites for hydroxylation is 1. The zero-order valence-corrected chi connectivity index (χ0v) is 12.2. The lowest BCUT2D eigenvalue weighted by Crippen LogP contribution is -2.31. The number of carbonyl (C=O) groups excluding carboxylic acids is 2. The summed E-state index contributed by atoms with van der Waals surface area (Å²) in [5.41, 5.74) is 2.84. The summed E-state index contributed by atoms with van der Waals surface area (Å²) < 4.78 is 0. The van der Waals surface area contributed by atoms with Gasteiger partial charge in [0.1, 0.15) is 0 Å². The first-order valence-electron chi connectivity index (χ1n) is 6.37. The zero-order valence-electron chi connectivity index (χ0n) is 11.5. The van der Waals surface area contributed by atoms with Crippen molar-refractivity contribution in [3.05, 3.63) is 47.3 Å². The SMILES string of the molecule is CC(=O)N1C(=O)C(=C(Cl)c2cc(C)n[nH]2)c2ccccc21. The molecule has 2 heterocycles. The van der Waals surface area contributed by atoms with Crippen LogP contribution in [-0.2, 0) is 9.59 Å². The highest BCUT2D eigenvalue weighted by Crippen LogP contribution is 2.41. The van der Waals surface area contributed by atoms with Crippen molar-refractivity contribution in [3.63, 3.8) is 0 Å². The van der Waals surface area contributed by atoms with Gasteiger partial charge in [-0.15, -0.1) is 0 Å². The normalized spacial score (nSPS) is 16.1. The van der Waals surface area contributed by atoms with Crippen molar-refractivity contribution in [1.82, 2.24) is 10.2 Å². The first-order chi connectivity index (χ1) is 10.0. The molecule has 2 aromatic rings. The minimum Gasteiger partial charge on any atom is -0.277 e. The second-order valence-corrected chi connectivity index (χ2v) is 5.17. The molecule has 0 spiro atoms. The van der Waals surface area contributed by atoms with E-state index in [2.05, 4.69) is 10.2 Å². The van der Waals surface area contributed by atoms with E-state index in [-0.39, 0.29) is 10.9 Å². The zero-order chi connectivity index (χ0) is 15.1. The van der Waals surface area contributed by atoms with E-state index in [0.29, 0.717) is 22.5 Å². The van der Waals surface area contributed by atoms with Crippen LogP contribution in [0.1, 0.15) is 23.9 Å². The molecule has 1 aliphatic rings. The van der Waals surface area contributed by atoms with Crippen LogP contribution in [0.4, 0.5) is 5.69 Å². The Hall–Kier alpha value is -2.40. The van der Waals surface area contributed by atoms with Crippen molar-refractivity contribution in [2.75, 3.05) is 4.90 Å². The molecule has 0 atom stereocenters. The summed E-state index contributed by atoms with van der Waals surface area (Å²) in [6.07, 6.45) is 0. The second kappa shape index (κ2) is 4.86. The molecule has 5 nitrogen and oxygen atoms in total. The minimum atomic E-state index is -0.416. The van der Waals surface area contributed by atoms with Crippen molar-refractivity contribution < 1.29 is 9.59 Å². The number of aromatic amines is 1. The Morgan fingerprint density at radius 1 is 1.33 bits per heavy atom. The number of hydrogen-bond donors (Lipinski definition) is 1. The molecular formula is C15H12ClN3O2. The maximum Gasteiger partial charge on any atom is 0.267 e. The van der Waals surface area contributed by atoms with Gasteiger partial charge in [-0.3, -0.25) is 14.7 Å². The molecule has 0 aliphatic carbocycles. The number of rotatable bonds is 1. The predicted octanol–water partition coefficient (Wildman–Crippen LogP) is 2.72. The number of benzene rings is 1. The molecule has 1 aliphatic heterocycles. The summed E-state index contributed by atoms with van der Waals surface area (Å²) in [5.74, 6) is -0.756. The van der Waals surface area contributed by atoms with Crippen LogP contribution in [0.3, 0.4) is 0 Å². The van der Waals surface area contributed by atoms with Crippen LogP contribution in [0.15, 0.2) is 30.3 Å². The summed E-state index contributed by atoms with van der Waals surface area (Å²) in [5, 5.41) is 7.05. The van der Waals surface area contributed by atoms with E-state index in [1.807, 2.05) is 6.92 Å². The fraction of sp³-hybridized carbons (Fsp3) is 0.133. The lowest BCUT2D eigenvalue weighted by Gasteiger charge is -2.11. The molecule has 0 saturated heterocycles. The Labute approximate surface area is 126 Å². The lowest BCUT2D eigenvalue weighted by atomic mass is 10.1. The summed E-state index contributed by atoms with van der Waals surface area (Å²) in [6, 6.07) is 8.83. The number of hydrogen-bond acceptors (Lipinski definition) is 3. The first-order valence-corrected chi connectivity index (χ1v) is 6.75. The van der Waals surface area contributed by atoms with E-state index in [1.54, 1.807) is 30.3 Å². The van der Waals surface area contributed by atoms with Crippen LogP contribution in [0, 0.1) is 6.92 Å². The van der Waals surface area contributed by atoms with E-state index >= 15 is 0 Å². The van der Waals surface area contributed by atoms with Gasteiger partial charge in [0.05, 0.1) is 27.7 Å². The molecular weight excluding hydrogens is 290 g/mol. The van der Waals surface area contributed by atoms with E-state index < -0.39 is 5.91 Å². The quantitative estimate of drug-likeness (QED) is 0.824. The van der Waals surface area contributed by atoms with Gasteiger partial charge in [-0.05, 0) is 19.1 Å². The number of H-pyrrole nitrogens is 1. The Bertz CT molecular complexity index is 792. The van der Waals surface area contributed by atoms with Crippen molar-refractivity contribution in [1.29, 1.82) is 0 Å². The average molecular weight is 302 g/mol. The molecule has 0 radical (unpaired) electrons. The van der Waals surface area contributed by atoms with Crippen molar-refractivity contribution in [3.8, 4) is 0 Å². The molecule has 6 heteroatoms. The lowest BCUT2D eigenvalue weighted by molar-refractivity contribution is -0.122. The van der Waals surface area contributed by atoms with Gasteiger partial charge in [0.25, 0.3) is 5.91 Å². The Morgan fingerprint density at radius 3 is 2.67 bits per heavy atom. The first kappa shape index (κ1) is 13.6. The number of nitrogens with one attached hydrogen (secondary N) is 1. The van der Waals surface area contributed by atoms with Crippen LogP contribution in [0.5, 0.6) is 0 Å². The van der Waals surface area contributed by atoms with Gasteiger partial charge in [0.15, 0.2) is 0 Å². The van der Waals surface area contributed by atoms with Gasteiger partial charge in [0.2, 0.25) is 5.91 Å². The molecule has 21 heavy (non-hydrogen) atoms. The number of amides is 2. The molecule has 0 unspecified atom stereocenters. The Kier molecular flexibility index (Phi) is 3.14. The van der Waals surface area contributed by atoms with Crippen LogP contribution >= 0.6 is 11.6 Å². The molecule has 1 N–H and O–H groups in total. The Morgan fingerprint density at radius 2 is 2.05 bits per heavy atom. The molecule has 0 saturated carbocycles. The summed E-state index contributed by atoms with van der Waals surface area (Å²) in [6.45, 7) is 3.17. The highest BCUT2D eigenvalue weighted by molar-refractivity contribution is 6.60. The maximum absolute atomic E-state index is 12.6. The smallest absolute Gasteiger partial charge is 0.267 e. The van der Waals surface area contributed by atoms with Crippen LogP contribution in [0.2, 0.25) is 0 Å². The van der Waals surface area contributed by atoms with E-state index in [0.717, 1.165) is 10.6 Å². The number of anilines is 1. The fourth-order valence-corrected chi connectivity index (χ4v) is 2.69. The van der Waals surface area contributed by atoms with Gasteiger partial charge in [0, 0.05) is 12.5 Å². The molecule has 0 fully saturated rings. The molecule has 106 valence electrons. The van der Waals surface area contributed by atoms with E-state index in [1.165, 1.54) is 6.92 Å². The summed E-state index contributed by atoms with van der Waals surface area (Å²) in [4.78, 5) is 25.4. The van der Waals surface area contributed by atoms with E-state index in [4.69, 9.17) is 11.6 Å². The number of para-hydroxylation sites is 1. The topological polar surface area (TPSA) is 66.1 Å². The largest absolute Gasteiger partial charge is 0.277 e. The minimum absolute atomic E-state index is 0.261. The summed E-state index contributed by atoms with van der Waals surface area (Å²) in [7, 11) is 0. The second-order valence-electron chi connectivity index (χ2n) is 4.79. The van der Waals surface area contributed by atoms with Crippen molar-refractivity contribution in [2.24, 2.45) is 0 Å². The fourth-order valence-electron chi connectivity index (χ4n) is 2.41. The number of aromatic nitrogens is 2. The highest BCUT2D eigenvalue weighted by Gasteiger charge is 2.37. The summed E-state index contributed by atoms with van der Waals surface area (Å²) >= 11 is 6.37. The number of halogens is 1. The molecule has 2 amide bonds. The third-order valence-electron chi connectivity index (χ3n) is 3.31. The molecule has 3 rings (SSSR count). The van der Waals surface area contributed by atoms with Crippen molar-refractivity contribution in [2.45, 2.75) is 13.8 Å². The Balaban J connectivity index is 2.24. The van der Waals surface area contributed by atoms with Gasteiger partial charge < -0.3 is 0 Å². The van der Waals surface area contributed by atoms with Crippen LogP contribution in [0.25, 0.3) is 10.6 Å². The predicted molar refractivity (Wildman–Crippen MR) is 80.6 cm³/mol. The highest BCUT2D eigenvalue weighted by atomic mass is 35.5. The van der Waals surface area contributed by atoms with Gasteiger partial charge in [-0.2, -0.15) is 5.10 Å². The average Bonchev–Trinajstić information content (AvgIpc) is 2.98. The number of carbonyl (C=O) groups is 2. The standard InChI is InChI=1S/C15H12ClN3O2/c1-8-7-11(18-17-8)14(16)13-10-5-3-4-6-12(10)19(9(2)20)15(13)21/h3-7H,1-2H3,(H,17,18). The van der Waals surface area contributed by atoms with E-state index in [9.17, 15) is 9.59 Å². The number of imide groups is 1. The monoisotopic (exact) mass is 301 g/mol. The molecule has 1 aromatic carbocycles. The number of fused-ring (bicyclic) bond motifs is 1. The van der Waals surface area contributed by atoms with Gasteiger partial charge in [-0.25, -0.2) is 4.90 Å². The maximum atomic E-state index is 12.6. The van der Waals surface area contributed by atoms with Crippen LogP contribution in [-0.4, -0.2) is 22.0 Å². The van der Waals surface area contributed by atoms with Gasteiger partial charge >= 0.3 is 0 Å². The van der Waals surface area contributed by atoms with Gasteiger partial charge in [-0.1, -0.05) is 29.8 Å². The van der Waals surface area contributed by atoms with Crippen LogP contribution < -0.4 is 4.90 Å². The van der Waals surface area contributed by atoms with Crippen molar-refractivity contribution >= 4 is 39.7 Å². The molecule has 0 bridgehead atoms. The molecule has 1 aromatic heterocycles. The third kappa shape index (κ3) is 2.06.